The standard InChI is InChI=1S/C14H10BrClF2O/c1-7-4-13(18)10(6-12(7)17)14(19)9-3-2-8(16)5-11(9)15/h2-6,14,19H,1H3. The van der Waals surface area contributed by atoms with Gasteiger partial charge in [0.2, 0.25) is 0 Å². The van der Waals surface area contributed by atoms with Crippen LogP contribution in [0.2, 0.25) is 5.02 Å². The van der Waals surface area contributed by atoms with E-state index in [9.17, 15) is 13.9 Å². The quantitative estimate of drug-likeness (QED) is 0.829. The van der Waals surface area contributed by atoms with Gasteiger partial charge in [0, 0.05) is 15.1 Å². The summed E-state index contributed by atoms with van der Waals surface area (Å²) in [7, 11) is 0. The van der Waals surface area contributed by atoms with E-state index in [1.165, 1.54) is 6.92 Å². The summed E-state index contributed by atoms with van der Waals surface area (Å²) in [6.07, 6.45) is -1.26. The minimum absolute atomic E-state index is 0.105. The Kier molecular flexibility index (Phi) is 4.23. The van der Waals surface area contributed by atoms with E-state index in [4.69, 9.17) is 11.6 Å². The highest BCUT2D eigenvalue weighted by atomic mass is 79.9. The molecule has 0 bridgehead atoms. The van der Waals surface area contributed by atoms with Gasteiger partial charge in [-0.1, -0.05) is 33.6 Å². The fraction of sp³-hybridized carbons (Fsp3) is 0.143. The number of benzene rings is 2. The van der Waals surface area contributed by atoms with Crippen LogP contribution in [0.15, 0.2) is 34.8 Å². The summed E-state index contributed by atoms with van der Waals surface area (Å²) in [5.41, 5.74) is 0.515. The third-order valence-corrected chi connectivity index (χ3v) is 3.75. The number of aliphatic hydroxyl groups excluding tert-OH is 1. The lowest BCUT2D eigenvalue weighted by Crippen LogP contribution is -2.05. The van der Waals surface area contributed by atoms with Crippen molar-refractivity contribution in [3.05, 3.63) is 68.2 Å². The zero-order chi connectivity index (χ0) is 14.2. The molecular formula is C14H10BrClF2O. The second kappa shape index (κ2) is 5.57. The highest BCUT2D eigenvalue weighted by Gasteiger charge is 2.19. The second-order valence-corrected chi connectivity index (χ2v) is 5.48. The molecule has 0 fully saturated rings. The van der Waals surface area contributed by atoms with Crippen molar-refractivity contribution in [1.82, 2.24) is 0 Å². The van der Waals surface area contributed by atoms with E-state index < -0.39 is 17.7 Å². The maximum absolute atomic E-state index is 13.8. The van der Waals surface area contributed by atoms with E-state index in [1.54, 1.807) is 18.2 Å². The highest BCUT2D eigenvalue weighted by Crippen LogP contribution is 2.32. The Morgan fingerprint density at radius 1 is 1.11 bits per heavy atom. The van der Waals surface area contributed by atoms with Gasteiger partial charge in [-0.25, -0.2) is 8.78 Å². The summed E-state index contributed by atoms with van der Waals surface area (Å²) in [6, 6.07) is 6.80. The van der Waals surface area contributed by atoms with Gasteiger partial charge in [0.25, 0.3) is 0 Å². The number of rotatable bonds is 2. The van der Waals surface area contributed by atoms with E-state index in [0.717, 1.165) is 12.1 Å². The Bertz CT molecular complexity index is 631. The Morgan fingerprint density at radius 3 is 2.42 bits per heavy atom. The number of aryl methyl sites for hydroxylation is 1. The van der Waals surface area contributed by atoms with E-state index in [-0.39, 0.29) is 11.1 Å². The maximum atomic E-state index is 13.8. The molecule has 0 radical (unpaired) electrons. The van der Waals surface area contributed by atoms with Crippen LogP contribution in [0.4, 0.5) is 8.78 Å². The van der Waals surface area contributed by atoms with Crippen LogP contribution in [0.5, 0.6) is 0 Å². The van der Waals surface area contributed by atoms with Crippen LogP contribution < -0.4 is 0 Å². The summed E-state index contributed by atoms with van der Waals surface area (Å²) in [6.45, 7) is 1.47. The Balaban J connectivity index is 2.49. The molecule has 1 unspecified atom stereocenters. The summed E-state index contributed by atoms with van der Waals surface area (Å²) >= 11 is 9.04. The molecular weight excluding hydrogens is 338 g/mol. The predicted molar refractivity (Wildman–Crippen MR) is 74.3 cm³/mol. The lowest BCUT2D eigenvalue weighted by molar-refractivity contribution is 0.213. The molecule has 0 aliphatic rings. The first-order valence-electron chi connectivity index (χ1n) is 5.48. The minimum Gasteiger partial charge on any atom is -0.384 e. The maximum Gasteiger partial charge on any atom is 0.129 e. The van der Waals surface area contributed by atoms with Crippen LogP contribution in [0.1, 0.15) is 22.8 Å². The Morgan fingerprint density at radius 2 is 1.79 bits per heavy atom. The van der Waals surface area contributed by atoms with Crippen molar-refractivity contribution in [3.8, 4) is 0 Å². The van der Waals surface area contributed by atoms with Crippen molar-refractivity contribution in [2.75, 3.05) is 0 Å². The first-order chi connectivity index (χ1) is 8.90. The predicted octanol–water partition coefficient (Wildman–Crippen LogP) is 4.77. The fourth-order valence-electron chi connectivity index (χ4n) is 1.76. The monoisotopic (exact) mass is 346 g/mol. The molecule has 0 aromatic heterocycles. The molecule has 0 amide bonds. The molecule has 2 aromatic carbocycles. The minimum atomic E-state index is -1.26. The number of hydrogen-bond donors (Lipinski definition) is 1. The summed E-state index contributed by atoms with van der Waals surface area (Å²) < 4.78 is 27.8. The van der Waals surface area contributed by atoms with E-state index in [2.05, 4.69) is 15.9 Å². The smallest absolute Gasteiger partial charge is 0.129 e. The lowest BCUT2D eigenvalue weighted by atomic mass is 9.99. The molecule has 5 heteroatoms. The number of hydrogen-bond acceptors (Lipinski definition) is 1. The van der Waals surface area contributed by atoms with Gasteiger partial charge in [0.05, 0.1) is 0 Å². The molecule has 0 aliphatic heterocycles. The summed E-state index contributed by atoms with van der Waals surface area (Å²) in [4.78, 5) is 0. The summed E-state index contributed by atoms with van der Waals surface area (Å²) in [5, 5.41) is 10.7. The second-order valence-electron chi connectivity index (χ2n) is 4.19. The molecule has 0 saturated heterocycles. The normalized spacial score (nSPS) is 12.5. The Labute approximate surface area is 123 Å². The zero-order valence-electron chi connectivity index (χ0n) is 9.92. The number of aliphatic hydroxyl groups is 1. The molecule has 2 rings (SSSR count). The van der Waals surface area contributed by atoms with Gasteiger partial charge in [-0.2, -0.15) is 0 Å². The molecule has 19 heavy (non-hydrogen) atoms. The third-order valence-electron chi connectivity index (χ3n) is 2.83. The average Bonchev–Trinajstić information content (AvgIpc) is 2.33. The van der Waals surface area contributed by atoms with Gasteiger partial charge in [-0.3, -0.25) is 0 Å². The van der Waals surface area contributed by atoms with Gasteiger partial charge < -0.3 is 5.11 Å². The van der Waals surface area contributed by atoms with Gasteiger partial charge in [0.15, 0.2) is 0 Å². The van der Waals surface area contributed by atoms with E-state index in [0.29, 0.717) is 15.1 Å². The fourth-order valence-corrected chi connectivity index (χ4v) is 2.66. The molecule has 0 heterocycles. The topological polar surface area (TPSA) is 20.2 Å². The first-order valence-corrected chi connectivity index (χ1v) is 6.66. The lowest BCUT2D eigenvalue weighted by Gasteiger charge is -2.15. The third kappa shape index (κ3) is 2.96. The average molecular weight is 348 g/mol. The van der Waals surface area contributed by atoms with Crippen molar-refractivity contribution in [1.29, 1.82) is 0 Å². The van der Waals surface area contributed by atoms with Crippen molar-refractivity contribution in [2.45, 2.75) is 13.0 Å². The van der Waals surface area contributed by atoms with Crippen LogP contribution >= 0.6 is 27.5 Å². The molecule has 1 atom stereocenters. The molecule has 0 spiro atoms. The highest BCUT2D eigenvalue weighted by molar-refractivity contribution is 9.10. The van der Waals surface area contributed by atoms with E-state index in [1.807, 2.05) is 0 Å². The van der Waals surface area contributed by atoms with Gasteiger partial charge in [0.1, 0.15) is 17.7 Å². The first kappa shape index (κ1) is 14.4. The molecule has 0 aliphatic carbocycles. The van der Waals surface area contributed by atoms with Crippen LogP contribution in [-0.4, -0.2) is 5.11 Å². The zero-order valence-corrected chi connectivity index (χ0v) is 12.3. The van der Waals surface area contributed by atoms with Gasteiger partial charge in [-0.15, -0.1) is 0 Å². The molecule has 2 aromatic rings. The summed E-state index contributed by atoms with van der Waals surface area (Å²) in [5.74, 6) is -1.20. The molecule has 1 N–H and O–H groups in total. The van der Waals surface area contributed by atoms with Crippen LogP contribution in [0, 0.1) is 18.6 Å². The van der Waals surface area contributed by atoms with Crippen molar-refractivity contribution in [3.63, 3.8) is 0 Å². The van der Waals surface area contributed by atoms with Crippen molar-refractivity contribution in [2.24, 2.45) is 0 Å². The van der Waals surface area contributed by atoms with E-state index >= 15 is 0 Å². The number of halogens is 4. The Hall–Kier alpha value is -0.970. The van der Waals surface area contributed by atoms with Crippen molar-refractivity contribution >= 4 is 27.5 Å². The van der Waals surface area contributed by atoms with Gasteiger partial charge >= 0.3 is 0 Å². The SMILES string of the molecule is Cc1cc(F)c(C(O)c2ccc(Cl)cc2Br)cc1F. The van der Waals surface area contributed by atoms with Crippen LogP contribution in [0.3, 0.4) is 0 Å². The largest absolute Gasteiger partial charge is 0.384 e. The van der Waals surface area contributed by atoms with Crippen LogP contribution in [-0.2, 0) is 0 Å². The van der Waals surface area contributed by atoms with Gasteiger partial charge in [-0.05, 0) is 42.3 Å². The molecule has 0 saturated carbocycles. The molecule has 100 valence electrons. The van der Waals surface area contributed by atoms with Crippen molar-refractivity contribution < 1.29 is 13.9 Å². The van der Waals surface area contributed by atoms with Crippen LogP contribution in [0.25, 0.3) is 0 Å². The molecule has 1 nitrogen and oxygen atoms in total.